The topological polar surface area (TPSA) is 48.5 Å². The Morgan fingerprint density at radius 3 is 2.62 bits per heavy atom. The Morgan fingerprint density at radius 2 is 1.85 bits per heavy atom. The maximum atomic E-state index is 4.85. The third-order valence-corrected chi connectivity index (χ3v) is 5.24. The molecule has 0 amide bonds. The average Bonchev–Trinajstić information content (AvgIpc) is 3.27. The van der Waals surface area contributed by atoms with E-state index in [1.807, 2.05) is 37.4 Å². The molecule has 0 spiro atoms. The van der Waals surface area contributed by atoms with Crippen LogP contribution in [-0.2, 0) is 7.05 Å². The van der Waals surface area contributed by atoms with Crippen LogP contribution in [0.2, 0.25) is 0 Å². The monoisotopic (exact) mass is 343 g/mol. The fourth-order valence-electron chi connectivity index (χ4n) is 3.81. The van der Waals surface area contributed by atoms with E-state index >= 15 is 0 Å². The first-order valence-corrected chi connectivity index (χ1v) is 9.10. The van der Waals surface area contributed by atoms with Crippen LogP contribution in [0.4, 0.5) is 0 Å². The van der Waals surface area contributed by atoms with E-state index in [4.69, 9.17) is 9.97 Å². The smallest absolute Gasteiger partial charge is 0.177 e. The number of aromatic nitrogens is 5. The Hall–Kier alpha value is -2.95. The molecule has 1 fully saturated rings. The van der Waals surface area contributed by atoms with Gasteiger partial charge in [-0.15, -0.1) is 0 Å². The molecule has 5 rings (SSSR count). The minimum absolute atomic E-state index is 0.215. The van der Waals surface area contributed by atoms with E-state index in [2.05, 4.69) is 45.6 Å². The fourth-order valence-corrected chi connectivity index (χ4v) is 3.81. The number of hydrogen-bond donors (Lipinski definition) is 0. The fraction of sp³-hybridized carbons (Fsp3) is 0.286. The first-order chi connectivity index (χ1) is 12.7. The molecule has 3 aromatic heterocycles. The number of para-hydroxylation sites is 2. The zero-order valence-electron chi connectivity index (χ0n) is 15.0. The zero-order valence-corrected chi connectivity index (χ0v) is 15.0. The summed E-state index contributed by atoms with van der Waals surface area (Å²) in [6.45, 7) is 2.05. The van der Waals surface area contributed by atoms with Gasteiger partial charge < -0.3 is 9.13 Å². The van der Waals surface area contributed by atoms with E-state index < -0.39 is 0 Å². The van der Waals surface area contributed by atoms with Crippen molar-refractivity contribution < 1.29 is 0 Å². The summed E-state index contributed by atoms with van der Waals surface area (Å²) in [5.74, 6) is 2.42. The number of fused-ring (bicyclic) bond motifs is 1. The van der Waals surface area contributed by atoms with Gasteiger partial charge in [0.2, 0.25) is 0 Å². The molecule has 26 heavy (non-hydrogen) atoms. The Labute approximate surface area is 152 Å². The lowest BCUT2D eigenvalue weighted by molar-refractivity contribution is 0.508. The molecular formula is C21H21N5. The minimum atomic E-state index is 0.215. The third kappa shape index (κ3) is 2.43. The summed E-state index contributed by atoms with van der Waals surface area (Å²) < 4.78 is 4.39. The molecule has 5 heteroatoms. The lowest BCUT2D eigenvalue weighted by atomic mass is 10.1. The van der Waals surface area contributed by atoms with Gasteiger partial charge in [-0.25, -0.2) is 9.97 Å². The number of hydrogen-bond acceptors (Lipinski definition) is 3. The highest BCUT2D eigenvalue weighted by Crippen LogP contribution is 2.44. The average molecular weight is 343 g/mol. The van der Waals surface area contributed by atoms with E-state index in [9.17, 15) is 0 Å². The van der Waals surface area contributed by atoms with E-state index in [-0.39, 0.29) is 6.04 Å². The molecule has 5 nitrogen and oxygen atoms in total. The van der Waals surface area contributed by atoms with Crippen LogP contribution in [0, 0.1) is 12.8 Å². The van der Waals surface area contributed by atoms with Crippen molar-refractivity contribution in [3.63, 3.8) is 0 Å². The van der Waals surface area contributed by atoms with Crippen molar-refractivity contribution in [1.82, 2.24) is 24.1 Å². The second-order valence-corrected chi connectivity index (χ2v) is 7.13. The lowest BCUT2D eigenvalue weighted by Gasteiger charge is -2.20. The Kier molecular flexibility index (Phi) is 3.42. The highest BCUT2D eigenvalue weighted by atomic mass is 15.2. The van der Waals surface area contributed by atoms with Gasteiger partial charge in [-0.05, 0) is 49.9 Å². The van der Waals surface area contributed by atoms with Gasteiger partial charge in [0.15, 0.2) is 11.6 Å². The Balaban J connectivity index is 1.67. The molecule has 4 aromatic rings. The quantitative estimate of drug-likeness (QED) is 0.559. The van der Waals surface area contributed by atoms with Gasteiger partial charge in [0, 0.05) is 25.1 Å². The van der Waals surface area contributed by atoms with Crippen LogP contribution in [0.25, 0.3) is 22.7 Å². The van der Waals surface area contributed by atoms with Crippen LogP contribution in [0.5, 0.6) is 0 Å². The van der Waals surface area contributed by atoms with Gasteiger partial charge in [0.05, 0.1) is 22.8 Å². The number of nitrogens with zero attached hydrogens (tertiary/aromatic N) is 5. The Morgan fingerprint density at radius 1 is 1.00 bits per heavy atom. The third-order valence-electron chi connectivity index (χ3n) is 5.24. The molecule has 0 aliphatic heterocycles. The summed E-state index contributed by atoms with van der Waals surface area (Å²) in [7, 11) is 2.06. The van der Waals surface area contributed by atoms with E-state index in [1.54, 1.807) is 0 Å². The zero-order chi connectivity index (χ0) is 17.7. The van der Waals surface area contributed by atoms with Crippen LogP contribution >= 0.6 is 0 Å². The van der Waals surface area contributed by atoms with Crippen LogP contribution in [0.15, 0.2) is 54.9 Å². The highest BCUT2D eigenvalue weighted by molar-refractivity contribution is 5.79. The maximum absolute atomic E-state index is 4.85. The largest absolute Gasteiger partial charge is 0.324 e. The van der Waals surface area contributed by atoms with Gasteiger partial charge >= 0.3 is 0 Å². The molecule has 1 aliphatic carbocycles. The van der Waals surface area contributed by atoms with Gasteiger partial charge in [-0.2, -0.15) is 0 Å². The summed E-state index contributed by atoms with van der Waals surface area (Å²) >= 11 is 0. The van der Waals surface area contributed by atoms with Crippen molar-refractivity contribution in [2.45, 2.75) is 25.8 Å². The minimum Gasteiger partial charge on any atom is -0.324 e. The molecule has 0 unspecified atom stereocenters. The number of aryl methyl sites for hydroxylation is 2. The van der Waals surface area contributed by atoms with Crippen molar-refractivity contribution >= 4 is 11.0 Å². The molecule has 1 atom stereocenters. The van der Waals surface area contributed by atoms with E-state index in [0.717, 1.165) is 34.1 Å². The molecule has 130 valence electrons. The predicted octanol–water partition coefficient (Wildman–Crippen LogP) is 4.14. The summed E-state index contributed by atoms with van der Waals surface area (Å²) in [6.07, 6.45) is 6.42. The van der Waals surface area contributed by atoms with E-state index in [1.165, 1.54) is 12.8 Å². The van der Waals surface area contributed by atoms with Crippen molar-refractivity contribution in [2.75, 3.05) is 0 Å². The van der Waals surface area contributed by atoms with Crippen LogP contribution in [0.1, 0.15) is 30.3 Å². The van der Waals surface area contributed by atoms with Crippen LogP contribution < -0.4 is 0 Å². The van der Waals surface area contributed by atoms with Crippen molar-refractivity contribution in [1.29, 1.82) is 0 Å². The van der Waals surface area contributed by atoms with Crippen molar-refractivity contribution in [3.8, 4) is 11.6 Å². The van der Waals surface area contributed by atoms with Gasteiger partial charge in [-0.3, -0.25) is 4.98 Å². The summed E-state index contributed by atoms with van der Waals surface area (Å²) in [4.78, 5) is 14.3. The van der Waals surface area contributed by atoms with E-state index in [0.29, 0.717) is 5.92 Å². The SMILES string of the molecule is Cc1cccc([C@@H](C2CC2)n2ccnc2-c2nc3ccccc3n2C)n1. The number of rotatable bonds is 4. The second kappa shape index (κ2) is 5.80. The summed E-state index contributed by atoms with van der Waals surface area (Å²) in [6, 6.07) is 14.7. The molecular weight excluding hydrogens is 322 g/mol. The molecule has 0 N–H and O–H groups in total. The molecule has 1 saturated carbocycles. The first kappa shape index (κ1) is 15.3. The Bertz CT molecular complexity index is 1090. The van der Waals surface area contributed by atoms with Crippen molar-refractivity contribution in [3.05, 3.63) is 66.2 Å². The maximum Gasteiger partial charge on any atom is 0.177 e. The predicted molar refractivity (Wildman–Crippen MR) is 102 cm³/mol. The molecule has 1 aromatic carbocycles. The van der Waals surface area contributed by atoms with Crippen LogP contribution in [-0.4, -0.2) is 24.1 Å². The number of pyridine rings is 1. The summed E-state index contributed by atoms with van der Waals surface area (Å²) in [5, 5.41) is 0. The van der Waals surface area contributed by atoms with Gasteiger partial charge in [0.1, 0.15) is 0 Å². The molecule has 0 radical (unpaired) electrons. The normalized spacial score (nSPS) is 15.5. The molecule has 3 heterocycles. The lowest BCUT2D eigenvalue weighted by Crippen LogP contribution is -2.16. The standard InChI is InChI=1S/C21H21N5/c1-14-6-5-8-17(23-14)19(15-10-11-15)26-13-12-22-20(26)21-24-16-7-3-4-9-18(16)25(21)2/h3-9,12-13,15,19H,10-11H2,1-2H3/t19-/m1/s1. The van der Waals surface area contributed by atoms with Gasteiger partial charge in [0.25, 0.3) is 0 Å². The number of imidazole rings is 2. The van der Waals surface area contributed by atoms with Gasteiger partial charge in [-0.1, -0.05) is 18.2 Å². The second-order valence-electron chi connectivity index (χ2n) is 7.13. The molecule has 0 bridgehead atoms. The highest BCUT2D eigenvalue weighted by Gasteiger charge is 2.36. The first-order valence-electron chi connectivity index (χ1n) is 9.10. The van der Waals surface area contributed by atoms with Crippen LogP contribution in [0.3, 0.4) is 0 Å². The molecule has 0 saturated heterocycles. The molecule has 1 aliphatic rings. The number of benzene rings is 1. The summed E-state index contributed by atoms with van der Waals surface area (Å²) in [5.41, 5.74) is 4.29. The van der Waals surface area contributed by atoms with Crippen molar-refractivity contribution in [2.24, 2.45) is 13.0 Å².